The Hall–Kier alpha value is -3.41. The van der Waals surface area contributed by atoms with Gasteiger partial charge in [0.2, 0.25) is 5.91 Å². The number of hydrogen-bond donors (Lipinski definition) is 1. The first kappa shape index (κ1) is 31.2. The predicted octanol–water partition coefficient (Wildman–Crippen LogP) is 4.38. The van der Waals surface area contributed by atoms with Crippen LogP contribution >= 0.6 is 0 Å². The number of nitrogens with one attached hydrogen (secondary N) is 1. The number of piperazine rings is 1. The van der Waals surface area contributed by atoms with Crippen LogP contribution in [0.4, 0.5) is 0 Å². The Kier molecular flexibility index (Phi) is 8.13. The molecule has 1 unspecified atom stereocenters. The summed E-state index contributed by atoms with van der Waals surface area (Å²) >= 11 is 0. The molecule has 0 radical (unpaired) electrons. The molecule has 10 nitrogen and oxygen atoms in total. The van der Waals surface area contributed by atoms with Crippen molar-refractivity contribution in [3.63, 3.8) is 0 Å². The van der Waals surface area contributed by atoms with E-state index in [0.29, 0.717) is 18.9 Å². The highest BCUT2D eigenvalue weighted by molar-refractivity contribution is 7.87. The molecule has 3 aromatic rings. The number of methoxy groups -OCH3 is 1. The second-order valence-electron chi connectivity index (χ2n) is 13.9. The zero-order valence-corrected chi connectivity index (χ0v) is 28.1. The van der Waals surface area contributed by atoms with Gasteiger partial charge < -0.3 is 19.1 Å². The normalized spacial score (nSPS) is 23.7. The predicted molar refractivity (Wildman–Crippen MR) is 178 cm³/mol. The van der Waals surface area contributed by atoms with Crippen LogP contribution in [0.3, 0.4) is 0 Å². The fourth-order valence-electron chi connectivity index (χ4n) is 8.57. The van der Waals surface area contributed by atoms with E-state index in [1.54, 1.807) is 13.2 Å². The van der Waals surface area contributed by atoms with Gasteiger partial charge in [-0.3, -0.25) is 9.59 Å². The van der Waals surface area contributed by atoms with E-state index >= 15 is 0 Å². The minimum absolute atomic E-state index is 0.203. The molecule has 2 aromatic carbocycles. The standard InChI is InChI=1S/C35H45N5O5S/c1-37(2)46(43,44)36-34(41)23-10-14-30-31(18-23)39-19-25(35(42)40-26-11-12-27(40)21-38(3)20-26)16-24-17-28(45-4)13-15-29(24)33(39)32(30)22-8-6-5-7-9-22/h10,13-15,17-18,22,25-27H,5-9,11-12,16,19-21H2,1-4H3,(H,36,41)/t25?,26-,27+. The average molecular weight is 648 g/mol. The van der Waals surface area contributed by atoms with Crippen LogP contribution in [0.1, 0.15) is 72.3 Å². The molecule has 4 aliphatic rings. The topological polar surface area (TPSA) is 104 Å². The molecule has 246 valence electrons. The van der Waals surface area contributed by atoms with Crippen LogP contribution in [0.25, 0.3) is 22.2 Å². The summed E-state index contributed by atoms with van der Waals surface area (Å²) in [6.07, 6.45) is 8.43. The molecule has 1 saturated carbocycles. The summed E-state index contributed by atoms with van der Waals surface area (Å²) in [7, 11) is 2.63. The largest absolute Gasteiger partial charge is 0.497 e. The zero-order chi connectivity index (χ0) is 32.3. The maximum atomic E-state index is 14.6. The molecule has 1 aromatic heterocycles. The van der Waals surface area contributed by atoms with Crippen LogP contribution in [-0.2, 0) is 28.0 Å². The number of benzene rings is 2. The lowest BCUT2D eigenvalue weighted by atomic mass is 9.81. The van der Waals surface area contributed by atoms with Gasteiger partial charge in [0.05, 0.1) is 18.7 Å². The van der Waals surface area contributed by atoms with Gasteiger partial charge in [-0.05, 0) is 86.5 Å². The number of carbonyl (C=O) groups is 2. The number of ether oxygens (including phenoxy) is 1. The van der Waals surface area contributed by atoms with E-state index in [1.807, 2.05) is 18.2 Å². The maximum absolute atomic E-state index is 14.6. The van der Waals surface area contributed by atoms with Crippen LogP contribution in [-0.4, -0.2) is 92.3 Å². The molecule has 2 amide bonds. The Bertz CT molecular complexity index is 1780. The lowest BCUT2D eigenvalue weighted by molar-refractivity contribution is -0.141. The van der Waals surface area contributed by atoms with Crippen molar-refractivity contribution in [2.75, 3.05) is 41.3 Å². The van der Waals surface area contributed by atoms with Gasteiger partial charge >= 0.3 is 10.2 Å². The highest BCUT2D eigenvalue weighted by Crippen LogP contribution is 2.47. The first-order chi connectivity index (χ1) is 22.1. The third-order valence-corrected chi connectivity index (χ3v) is 12.2. The van der Waals surface area contributed by atoms with Crippen LogP contribution in [0.5, 0.6) is 5.75 Å². The fraction of sp³-hybridized carbons (Fsp3) is 0.543. The minimum Gasteiger partial charge on any atom is -0.497 e. The first-order valence-electron chi connectivity index (χ1n) is 16.6. The van der Waals surface area contributed by atoms with Crippen molar-refractivity contribution in [1.82, 2.24) is 23.4 Å². The van der Waals surface area contributed by atoms with Crippen molar-refractivity contribution in [2.45, 2.75) is 75.9 Å². The highest BCUT2D eigenvalue weighted by Gasteiger charge is 2.44. The van der Waals surface area contributed by atoms with Gasteiger partial charge in [0, 0.05) is 67.8 Å². The van der Waals surface area contributed by atoms with Crippen LogP contribution < -0.4 is 9.46 Å². The van der Waals surface area contributed by atoms with Gasteiger partial charge in [-0.2, -0.15) is 12.7 Å². The highest BCUT2D eigenvalue weighted by atomic mass is 32.2. The average Bonchev–Trinajstić information content (AvgIpc) is 3.43. The van der Waals surface area contributed by atoms with Crippen molar-refractivity contribution >= 4 is 32.9 Å². The van der Waals surface area contributed by atoms with E-state index in [2.05, 4.69) is 38.3 Å². The number of rotatable bonds is 6. The first-order valence-corrected chi connectivity index (χ1v) is 18.1. The summed E-state index contributed by atoms with van der Waals surface area (Å²) in [6.45, 7) is 2.29. The number of aromatic nitrogens is 1. The summed E-state index contributed by atoms with van der Waals surface area (Å²) < 4.78 is 36.2. The molecule has 3 atom stereocenters. The summed E-state index contributed by atoms with van der Waals surface area (Å²) in [4.78, 5) is 32.4. The molecule has 0 spiro atoms. The number of likely N-dealkylation sites (tertiary alicyclic amines) is 1. The summed E-state index contributed by atoms with van der Waals surface area (Å²) in [5, 5.41) is 1.07. The van der Waals surface area contributed by atoms with Crippen LogP contribution in [0.2, 0.25) is 0 Å². The van der Waals surface area contributed by atoms with E-state index in [9.17, 15) is 18.0 Å². The fourth-order valence-corrected chi connectivity index (χ4v) is 9.10. The van der Waals surface area contributed by atoms with Gasteiger partial charge in [0.25, 0.3) is 5.91 Å². The molecule has 3 fully saturated rings. The monoisotopic (exact) mass is 647 g/mol. The number of nitrogens with zero attached hydrogens (tertiary/aromatic N) is 4. The Morgan fingerprint density at radius 2 is 1.65 bits per heavy atom. The van der Waals surface area contributed by atoms with E-state index in [0.717, 1.165) is 76.6 Å². The molecule has 46 heavy (non-hydrogen) atoms. The molecule has 2 saturated heterocycles. The lowest BCUT2D eigenvalue weighted by Gasteiger charge is -2.41. The second kappa shape index (κ2) is 12.0. The van der Waals surface area contributed by atoms with E-state index in [4.69, 9.17) is 4.74 Å². The molecule has 4 heterocycles. The van der Waals surface area contributed by atoms with E-state index < -0.39 is 16.1 Å². The Labute approximate surface area is 271 Å². The number of likely N-dealkylation sites (N-methyl/N-ethyl adjacent to an activating group) is 1. The number of fused-ring (bicyclic) bond motifs is 7. The number of amides is 2. The molecule has 11 heteroatoms. The molecular weight excluding hydrogens is 602 g/mol. The third-order valence-electron chi connectivity index (χ3n) is 10.8. The van der Waals surface area contributed by atoms with Gasteiger partial charge in [0.1, 0.15) is 5.75 Å². The SMILES string of the molecule is COc1ccc2c(c1)CC(C(=O)N1[C@@H]3CC[C@H]1CN(C)C3)Cn1c-2c(C2CCCCC2)c2ccc(C(=O)NS(=O)(=O)N(C)C)cc21. The maximum Gasteiger partial charge on any atom is 0.303 e. The molecule has 3 aliphatic heterocycles. The third kappa shape index (κ3) is 5.40. The van der Waals surface area contributed by atoms with Crippen molar-refractivity contribution in [3.05, 3.63) is 53.1 Å². The van der Waals surface area contributed by atoms with E-state index in [1.165, 1.54) is 38.9 Å². The summed E-state index contributed by atoms with van der Waals surface area (Å²) in [5.74, 6) is 0.367. The van der Waals surface area contributed by atoms with Gasteiger partial charge in [-0.1, -0.05) is 25.3 Å². The lowest BCUT2D eigenvalue weighted by Crippen LogP contribution is -2.56. The summed E-state index contributed by atoms with van der Waals surface area (Å²) in [5.41, 5.74) is 5.75. The Balaban J connectivity index is 1.40. The van der Waals surface area contributed by atoms with E-state index in [-0.39, 0.29) is 29.5 Å². The quantitative estimate of drug-likeness (QED) is 0.426. The second-order valence-corrected chi connectivity index (χ2v) is 15.8. The van der Waals surface area contributed by atoms with Gasteiger partial charge in [0.15, 0.2) is 0 Å². The Morgan fingerprint density at radius 3 is 2.33 bits per heavy atom. The van der Waals surface area contributed by atoms with Crippen molar-refractivity contribution < 1.29 is 22.7 Å². The minimum atomic E-state index is -3.96. The number of hydrogen-bond acceptors (Lipinski definition) is 6. The van der Waals surface area contributed by atoms with Crippen LogP contribution in [0.15, 0.2) is 36.4 Å². The Morgan fingerprint density at radius 1 is 0.935 bits per heavy atom. The van der Waals surface area contributed by atoms with Gasteiger partial charge in [-0.25, -0.2) is 4.72 Å². The molecule has 2 bridgehead atoms. The van der Waals surface area contributed by atoms with Gasteiger partial charge in [-0.15, -0.1) is 0 Å². The molecule has 7 rings (SSSR count). The molecular formula is C35H45N5O5S. The van der Waals surface area contributed by atoms with Crippen molar-refractivity contribution in [1.29, 1.82) is 0 Å². The smallest absolute Gasteiger partial charge is 0.303 e. The van der Waals surface area contributed by atoms with Crippen LogP contribution in [0, 0.1) is 5.92 Å². The molecule has 1 aliphatic carbocycles. The number of carbonyl (C=O) groups excluding carboxylic acids is 2. The summed E-state index contributed by atoms with van der Waals surface area (Å²) in [6, 6.07) is 12.2. The molecule has 1 N–H and O–H groups in total. The zero-order valence-electron chi connectivity index (χ0n) is 27.3. The van der Waals surface area contributed by atoms with Crippen molar-refractivity contribution in [3.8, 4) is 17.0 Å². The van der Waals surface area contributed by atoms with Crippen molar-refractivity contribution in [2.24, 2.45) is 5.92 Å².